The Morgan fingerprint density at radius 2 is 1.86 bits per heavy atom. The highest BCUT2D eigenvalue weighted by Gasteiger charge is 2.25. The van der Waals surface area contributed by atoms with Gasteiger partial charge in [-0.3, -0.25) is 4.79 Å². The third kappa shape index (κ3) is 4.60. The van der Waals surface area contributed by atoms with Crippen molar-refractivity contribution in [3.05, 3.63) is 47.5 Å². The number of anilines is 1. The molecule has 3 N–H and O–H groups in total. The Morgan fingerprint density at radius 3 is 2.49 bits per heavy atom. The number of nitrogens with one attached hydrogen (secondary N) is 1. The van der Waals surface area contributed by atoms with Gasteiger partial charge in [0.2, 0.25) is 5.75 Å². The van der Waals surface area contributed by atoms with Gasteiger partial charge in [-0.1, -0.05) is 12.1 Å². The van der Waals surface area contributed by atoms with E-state index in [9.17, 15) is 4.79 Å². The number of nitrogen functional groups attached to an aromatic ring is 1. The summed E-state index contributed by atoms with van der Waals surface area (Å²) >= 11 is 0. The maximum Gasteiger partial charge on any atom is 0.257 e. The lowest BCUT2D eigenvalue weighted by atomic mass is 10.2. The summed E-state index contributed by atoms with van der Waals surface area (Å²) in [5.74, 6) is 1.20. The fraction of sp³-hybridized carbons (Fsp3) is 0.308. The molecule has 0 bridgehead atoms. The molecular formula is C26H28N6O5. The smallest absolute Gasteiger partial charge is 0.257 e. The van der Waals surface area contributed by atoms with Crippen molar-refractivity contribution < 1.29 is 23.7 Å². The van der Waals surface area contributed by atoms with Gasteiger partial charge < -0.3 is 30.0 Å². The zero-order valence-corrected chi connectivity index (χ0v) is 20.9. The van der Waals surface area contributed by atoms with E-state index in [1.807, 2.05) is 24.3 Å². The quantitative estimate of drug-likeness (QED) is 0.350. The van der Waals surface area contributed by atoms with E-state index in [2.05, 4.69) is 10.4 Å². The molecule has 1 fully saturated rings. The molecule has 5 rings (SSSR count). The van der Waals surface area contributed by atoms with E-state index in [4.69, 9.17) is 34.6 Å². The molecule has 11 heteroatoms. The highest BCUT2D eigenvalue weighted by molar-refractivity contribution is 6.10. The molecule has 11 nitrogen and oxygen atoms in total. The van der Waals surface area contributed by atoms with Gasteiger partial charge in [-0.05, 0) is 37.1 Å². The van der Waals surface area contributed by atoms with Crippen molar-refractivity contribution in [2.45, 2.75) is 18.9 Å². The Balaban J connectivity index is 1.59. The van der Waals surface area contributed by atoms with E-state index in [1.165, 1.54) is 26.0 Å². The van der Waals surface area contributed by atoms with Crippen molar-refractivity contribution in [3.8, 4) is 17.2 Å². The summed E-state index contributed by atoms with van der Waals surface area (Å²) in [4.78, 5) is 22.7. The number of methoxy groups -OCH3 is 3. The maximum atomic E-state index is 13.3. The van der Waals surface area contributed by atoms with Gasteiger partial charge in [0.15, 0.2) is 17.1 Å². The molecule has 1 atom stereocenters. The van der Waals surface area contributed by atoms with Crippen LogP contribution >= 0.6 is 0 Å². The molecule has 0 spiro atoms. The zero-order valence-electron chi connectivity index (χ0n) is 20.9. The molecule has 0 radical (unpaired) electrons. The van der Waals surface area contributed by atoms with Crippen LogP contribution in [0.3, 0.4) is 0 Å². The standard InChI is InChI=1S/C26H28N6O5/c1-34-19-11-15(12-20(35-2)23(19)36-3)13-29-32-24(27)21(26(33)28-14-16-7-6-10-37-16)22-25(32)31-18-9-5-4-8-17(18)30-22/h4-5,8-9,11-13,16H,6-7,10,14,27H2,1-3H3,(H,28,33)/b29-13-/t16-/m1/s1. The van der Waals surface area contributed by atoms with E-state index in [1.54, 1.807) is 18.3 Å². The average Bonchev–Trinajstić information content (AvgIpc) is 3.54. The van der Waals surface area contributed by atoms with Gasteiger partial charge in [-0.25, -0.2) is 9.97 Å². The first-order valence-electron chi connectivity index (χ1n) is 11.8. The van der Waals surface area contributed by atoms with Crippen LogP contribution in [-0.4, -0.2) is 67.4 Å². The van der Waals surface area contributed by atoms with Crippen molar-refractivity contribution in [3.63, 3.8) is 0 Å². The Hall–Kier alpha value is -4.38. The number of nitrogens with two attached hydrogens (primary N) is 1. The summed E-state index contributed by atoms with van der Waals surface area (Å²) < 4.78 is 23.3. The van der Waals surface area contributed by atoms with Crippen LogP contribution in [0.4, 0.5) is 5.82 Å². The summed E-state index contributed by atoms with van der Waals surface area (Å²) in [6, 6.07) is 10.9. The molecule has 37 heavy (non-hydrogen) atoms. The number of hydrogen-bond donors (Lipinski definition) is 2. The molecule has 0 aliphatic carbocycles. The first-order chi connectivity index (χ1) is 18.0. The monoisotopic (exact) mass is 504 g/mol. The van der Waals surface area contributed by atoms with Crippen LogP contribution in [0.1, 0.15) is 28.8 Å². The van der Waals surface area contributed by atoms with Crippen molar-refractivity contribution >= 4 is 40.1 Å². The molecule has 4 aromatic rings. The fourth-order valence-electron chi connectivity index (χ4n) is 4.39. The molecule has 1 aliphatic heterocycles. The number of amides is 1. The summed E-state index contributed by atoms with van der Waals surface area (Å²) in [6.45, 7) is 1.09. The highest BCUT2D eigenvalue weighted by Crippen LogP contribution is 2.38. The summed E-state index contributed by atoms with van der Waals surface area (Å²) in [7, 11) is 4.62. The van der Waals surface area contributed by atoms with Crippen LogP contribution in [0, 0.1) is 0 Å². The highest BCUT2D eigenvalue weighted by atomic mass is 16.5. The van der Waals surface area contributed by atoms with Gasteiger partial charge in [-0.15, -0.1) is 0 Å². The van der Waals surface area contributed by atoms with E-state index >= 15 is 0 Å². The second-order valence-electron chi connectivity index (χ2n) is 8.50. The summed E-state index contributed by atoms with van der Waals surface area (Å²) in [5.41, 5.74) is 9.40. The molecule has 2 aromatic heterocycles. The van der Waals surface area contributed by atoms with Crippen molar-refractivity contribution in [2.24, 2.45) is 5.10 Å². The normalized spacial score (nSPS) is 15.5. The third-order valence-corrected chi connectivity index (χ3v) is 6.22. The molecule has 1 amide bonds. The minimum absolute atomic E-state index is 0.0107. The van der Waals surface area contributed by atoms with Gasteiger partial charge in [-0.2, -0.15) is 9.78 Å². The Labute approximate surface area is 213 Å². The number of nitrogens with zero attached hydrogens (tertiary/aromatic N) is 4. The van der Waals surface area contributed by atoms with Gasteiger partial charge in [0.05, 0.1) is 44.7 Å². The summed E-state index contributed by atoms with van der Waals surface area (Å²) in [6.07, 6.45) is 3.45. The molecule has 3 heterocycles. The lowest BCUT2D eigenvalue weighted by molar-refractivity contribution is 0.0859. The number of fused-ring (bicyclic) bond motifs is 2. The number of hydrogen-bond acceptors (Lipinski definition) is 9. The number of para-hydroxylation sites is 2. The van der Waals surface area contributed by atoms with Crippen LogP contribution in [0.5, 0.6) is 17.2 Å². The first kappa shape index (κ1) is 24.3. The Kier molecular flexibility index (Phi) is 6.78. The predicted octanol–water partition coefficient (Wildman–Crippen LogP) is 2.98. The van der Waals surface area contributed by atoms with E-state index < -0.39 is 0 Å². The number of rotatable bonds is 8. The SMILES string of the molecule is COc1cc(/C=N\n2c(N)c(C(=O)NC[C@H]3CCCO3)c3nc4ccccc4nc32)cc(OC)c1OC. The predicted molar refractivity (Wildman–Crippen MR) is 140 cm³/mol. The number of aromatic nitrogens is 3. The van der Waals surface area contributed by atoms with Crippen LogP contribution in [0.25, 0.3) is 22.2 Å². The lowest BCUT2D eigenvalue weighted by Crippen LogP contribution is -2.32. The van der Waals surface area contributed by atoms with Crippen LogP contribution in [0.2, 0.25) is 0 Å². The Morgan fingerprint density at radius 1 is 1.16 bits per heavy atom. The molecule has 0 unspecified atom stereocenters. The van der Waals surface area contributed by atoms with Crippen molar-refractivity contribution in [1.29, 1.82) is 0 Å². The van der Waals surface area contributed by atoms with Crippen LogP contribution in [-0.2, 0) is 4.74 Å². The molecular weight excluding hydrogens is 476 g/mol. The van der Waals surface area contributed by atoms with Crippen molar-refractivity contribution in [2.75, 3.05) is 40.2 Å². The van der Waals surface area contributed by atoms with Gasteiger partial charge in [0, 0.05) is 18.7 Å². The van der Waals surface area contributed by atoms with Crippen LogP contribution < -0.4 is 25.3 Å². The fourth-order valence-corrected chi connectivity index (χ4v) is 4.39. The summed E-state index contributed by atoms with van der Waals surface area (Å²) in [5, 5.41) is 7.49. The second kappa shape index (κ2) is 10.3. The van der Waals surface area contributed by atoms with Crippen molar-refractivity contribution in [1.82, 2.24) is 20.0 Å². The number of carbonyl (C=O) groups excluding carboxylic acids is 1. The van der Waals surface area contributed by atoms with E-state index in [-0.39, 0.29) is 23.4 Å². The number of benzene rings is 2. The topological polar surface area (TPSA) is 135 Å². The average molecular weight is 505 g/mol. The molecule has 1 saturated heterocycles. The van der Waals surface area contributed by atoms with E-state index in [0.29, 0.717) is 58.2 Å². The van der Waals surface area contributed by atoms with Gasteiger partial charge >= 0.3 is 0 Å². The lowest BCUT2D eigenvalue weighted by Gasteiger charge is -2.12. The largest absolute Gasteiger partial charge is 0.493 e. The van der Waals surface area contributed by atoms with E-state index in [0.717, 1.165) is 12.8 Å². The third-order valence-electron chi connectivity index (χ3n) is 6.22. The van der Waals surface area contributed by atoms with Gasteiger partial charge in [0.1, 0.15) is 16.9 Å². The van der Waals surface area contributed by atoms with Gasteiger partial charge in [0.25, 0.3) is 5.91 Å². The maximum absolute atomic E-state index is 13.3. The molecule has 0 saturated carbocycles. The molecule has 1 aliphatic rings. The minimum Gasteiger partial charge on any atom is -0.493 e. The molecule has 2 aromatic carbocycles. The minimum atomic E-state index is -0.357. The molecule has 192 valence electrons. The van der Waals surface area contributed by atoms with Crippen LogP contribution in [0.15, 0.2) is 41.5 Å². The zero-order chi connectivity index (χ0) is 25.9. The number of ether oxygens (including phenoxy) is 4. The Bertz CT molecular complexity index is 1470. The second-order valence-corrected chi connectivity index (χ2v) is 8.50. The number of carbonyl (C=O) groups is 1. The first-order valence-corrected chi connectivity index (χ1v) is 11.8.